The van der Waals surface area contributed by atoms with Crippen LogP contribution in [-0.4, -0.2) is 7.11 Å². The van der Waals surface area contributed by atoms with Gasteiger partial charge in [0.15, 0.2) is 5.57 Å². The van der Waals surface area contributed by atoms with Crippen molar-refractivity contribution in [1.82, 2.24) is 0 Å². The van der Waals surface area contributed by atoms with E-state index in [0.717, 1.165) is 18.2 Å². The highest BCUT2D eigenvalue weighted by atomic mass is 19.4. The molecule has 1 aromatic carbocycles. The molecule has 0 fully saturated rings. The van der Waals surface area contributed by atoms with Crippen molar-refractivity contribution in [1.29, 1.82) is 15.8 Å². The Balaban J connectivity index is 3.37. The molecule has 0 radical (unpaired) electrons. The van der Waals surface area contributed by atoms with Crippen LogP contribution in [-0.2, 0) is 6.18 Å². The third kappa shape index (κ3) is 3.65. The van der Waals surface area contributed by atoms with Crippen molar-refractivity contribution >= 4 is 5.69 Å². The van der Waals surface area contributed by atoms with E-state index in [9.17, 15) is 13.2 Å². The van der Waals surface area contributed by atoms with Crippen LogP contribution in [0.5, 0.6) is 5.75 Å². The summed E-state index contributed by atoms with van der Waals surface area (Å²) in [5.41, 5.74) is -2.14. The number of benzene rings is 1. The lowest BCUT2D eigenvalue weighted by Gasteiger charge is -2.13. The first-order valence-corrected chi connectivity index (χ1v) is 5.34. The number of hydrogen-bond donors (Lipinski definition) is 1. The van der Waals surface area contributed by atoms with E-state index in [1.165, 1.54) is 19.2 Å². The first kappa shape index (κ1) is 15.9. The fourth-order valence-electron chi connectivity index (χ4n) is 1.40. The van der Waals surface area contributed by atoms with Crippen LogP contribution in [0.4, 0.5) is 18.9 Å². The fraction of sp³-hybridized carbons (Fsp3) is 0.154. The predicted molar refractivity (Wildman–Crippen MR) is 65.5 cm³/mol. The van der Waals surface area contributed by atoms with E-state index in [-0.39, 0.29) is 11.4 Å². The van der Waals surface area contributed by atoms with Crippen LogP contribution >= 0.6 is 0 Å². The highest BCUT2D eigenvalue weighted by Gasteiger charge is 2.31. The van der Waals surface area contributed by atoms with E-state index in [1.807, 2.05) is 0 Å². The largest absolute Gasteiger partial charge is 0.495 e. The Morgan fingerprint density at radius 3 is 2.19 bits per heavy atom. The second kappa shape index (κ2) is 6.31. The number of anilines is 1. The monoisotopic (exact) mass is 292 g/mol. The second-order valence-electron chi connectivity index (χ2n) is 3.62. The van der Waals surface area contributed by atoms with E-state index >= 15 is 0 Å². The van der Waals surface area contributed by atoms with Crippen LogP contribution in [0.25, 0.3) is 0 Å². The molecule has 21 heavy (non-hydrogen) atoms. The summed E-state index contributed by atoms with van der Waals surface area (Å²) in [6.07, 6.45) is -4.58. The Kier molecular flexibility index (Phi) is 4.77. The molecule has 0 saturated carbocycles. The van der Waals surface area contributed by atoms with Gasteiger partial charge in [-0.1, -0.05) is 0 Å². The topological polar surface area (TPSA) is 92.6 Å². The first-order chi connectivity index (χ1) is 9.87. The second-order valence-corrected chi connectivity index (χ2v) is 3.62. The molecule has 0 aliphatic heterocycles. The number of alkyl halides is 3. The lowest BCUT2D eigenvalue weighted by atomic mass is 10.1. The summed E-state index contributed by atoms with van der Waals surface area (Å²) in [6, 6.07) is 7.11. The average Bonchev–Trinajstić information content (AvgIpc) is 2.46. The average molecular weight is 292 g/mol. The number of allylic oxidation sites excluding steroid dienone is 2. The van der Waals surface area contributed by atoms with Gasteiger partial charge in [0.05, 0.1) is 18.4 Å². The molecule has 0 aromatic heterocycles. The number of methoxy groups -OCH3 is 1. The van der Waals surface area contributed by atoms with Gasteiger partial charge in [0.1, 0.15) is 29.7 Å². The lowest BCUT2D eigenvalue weighted by Crippen LogP contribution is -2.08. The van der Waals surface area contributed by atoms with Crippen LogP contribution in [0.3, 0.4) is 0 Å². The zero-order valence-corrected chi connectivity index (χ0v) is 10.6. The van der Waals surface area contributed by atoms with Crippen molar-refractivity contribution in [3.63, 3.8) is 0 Å². The summed E-state index contributed by atoms with van der Waals surface area (Å²) < 4.78 is 42.9. The zero-order valence-electron chi connectivity index (χ0n) is 10.6. The third-order valence-electron chi connectivity index (χ3n) is 2.37. The van der Waals surface area contributed by atoms with E-state index in [1.54, 1.807) is 6.07 Å². The van der Waals surface area contributed by atoms with E-state index < -0.39 is 23.0 Å². The van der Waals surface area contributed by atoms with Gasteiger partial charge in [-0.05, 0) is 18.2 Å². The molecule has 5 nitrogen and oxygen atoms in total. The maximum absolute atomic E-state index is 12.7. The molecule has 0 heterocycles. The number of nitrogens with zero attached hydrogens (tertiary/aromatic N) is 3. The highest BCUT2D eigenvalue weighted by Crippen LogP contribution is 2.35. The molecule has 0 aliphatic carbocycles. The van der Waals surface area contributed by atoms with Gasteiger partial charge in [0.25, 0.3) is 0 Å². The van der Waals surface area contributed by atoms with Crippen molar-refractivity contribution < 1.29 is 17.9 Å². The Morgan fingerprint density at radius 1 is 1.14 bits per heavy atom. The number of hydrogen-bond acceptors (Lipinski definition) is 5. The summed E-state index contributed by atoms with van der Waals surface area (Å²) in [5.74, 6) is 0.0333. The Morgan fingerprint density at radius 2 is 1.76 bits per heavy atom. The van der Waals surface area contributed by atoms with Gasteiger partial charge in [0, 0.05) is 0 Å². The standard InChI is InChI=1S/C13H7F3N4O/c1-21-12-3-2-9(13(14,15)16)4-10(12)20-11(7-19)8(5-17)6-18/h2-4,20H,1H3. The highest BCUT2D eigenvalue weighted by molar-refractivity contribution is 5.65. The molecule has 0 saturated heterocycles. The normalized spacial score (nSPS) is 9.76. The molecule has 0 atom stereocenters. The minimum Gasteiger partial charge on any atom is -0.495 e. The lowest BCUT2D eigenvalue weighted by molar-refractivity contribution is -0.137. The number of ether oxygens (including phenoxy) is 1. The van der Waals surface area contributed by atoms with Crippen LogP contribution in [0.2, 0.25) is 0 Å². The quantitative estimate of drug-likeness (QED) is 0.864. The number of halogens is 3. The maximum Gasteiger partial charge on any atom is 0.416 e. The smallest absolute Gasteiger partial charge is 0.416 e. The summed E-state index contributed by atoms with van der Waals surface area (Å²) in [7, 11) is 1.24. The van der Waals surface area contributed by atoms with Crippen LogP contribution < -0.4 is 10.1 Å². The molecule has 8 heteroatoms. The number of rotatable bonds is 3. The third-order valence-corrected chi connectivity index (χ3v) is 2.37. The van der Waals surface area contributed by atoms with Crippen LogP contribution in [0.1, 0.15) is 5.56 Å². The van der Waals surface area contributed by atoms with E-state index in [4.69, 9.17) is 20.5 Å². The van der Waals surface area contributed by atoms with Gasteiger partial charge >= 0.3 is 6.18 Å². The maximum atomic E-state index is 12.7. The Bertz CT molecular complexity index is 686. The van der Waals surface area contributed by atoms with Gasteiger partial charge in [-0.25, -0.2) is 0 Å². The van der Waals surface area contributed by atoms with E-state index in [0.29, 0.717) is 0 Å². The Labute approximate surface area is 118 Å². The summed E-state index contributed by atoms with van der Waals surface area (Å²) in [6.45, 7) is 0. The Hall–Kier alpha value is -3.18. The summed E-state index contributed by atoms with van der Waals surface area (Å²) in [5, 5.41) is 28.6. The van der Waals surface area contributed by atoms with Crippen molar-refractivity contribution in [2.24, 2.45) is 0 Å². The molecule has 1 aromatic rings. The SMILES string of the molecule is COc1ccc(C(F)(F)F)cc1NC(C#N)=C(C#N)C#N. The summed E-state index contributed by atoms with van der Waals surface area (Å²) in [4.78, 5) is 0. The number of nitriles is 3. The molecule has 0 amide bonds. The number of nitrogens with one attached hydrogen (secondary N) is 1. The molecule has 1 rings (SSSR count). The fourth-order valence-corrected chi connectivity index (χ4v) is 1.40. The molecule has 0 spiro atoms. The minimum atomic E-state index is -4.58. The molecule has 0 unspecified atom stereocenters. The molecule has 0 aliphatic rings. The van der Waals surface area contributed by atoms with Gasteiger partial charge in [0.2, 0.25) is 0 Å². The van der Waals surface area contributed by atoms with Crippen molar-refractivity contribution in [3.8, 4) is 24.0 Å². The van der Waals surface area contributed by atoms with Gasteiger partial charge in [-0.3, -0.25) is 0 Å². The zero-order chi connectivity index (χ0) is 16.0. The molecule has 106 valence electrons. The van der Waals surface area contributed by atoms with Gasteiger partial charge in [-0.15, -0.1) is 0 Å². The molecular weight excluding hydrogens is 285 g/mol. The van der Waals surface area contributed by atoms with Crippen molar-refractivity contribution in [3.05, 3.63) is 35.0 Å². The van der Waals surface area contributed by atoms with E-state index in [2.05, 4.69) is 5.32 Å². The first-order valence-electron chi connectivity index (χ1n) is 5.34. The minimum absolute atomic E-state index is 0.0333. The molecular formula is C13H7F3N4O. The van der Waals surface area contributed by atoms with Crippen molar-refractivity contribution in [2.45, 2.75) is 6.18 Å². The molecule has 1 N–H and O–H groups in total. The van der Waals surface area contributed by atoms with Crippen LogP contribution in [0, 0.1) is 34.0 Å². The van der Waals surface area contributed by atoms with Gasteiger partial charge in [-0.2, -0.15) is 29.0 Å². The van der Waals surface area contributed by atoms with Crippen molar-refractivity contribution in [2.75, 3.05) is 12.4 Å². The predicted octanol–water partition coefficient (Wildman–Crippen LogP) is 2.95. The van der Waals surface area contributed by atoms with Crippen LogP contribution in [0.15, 0.2) is 29.5 Å². The summed E-state index contributed by atoms with van der Waals surface area (Å²) >= 11 is 0. The van der Waals surface area contributed by atoms with Gasteiger partial charge < -0.3 is 10.1 Å². The molecule has 0 bridgehead atoms.